The van der Waals surface area contributed by atoms with Gasteiger partial charge in [0.05, 0.1) is 19.3 Å². The van der Waals surface area contributed by atoms with E-state index in [-0.39, 0.29) is 12.2 Å². The van der Waals surface area contributed by atoms with Gasteiger partial charge in [-0.1, -0.05) is 30.3 Å². The first-order valence-corrected chi connectivity index (χ1v) is 7.37. The Hall–Kier alpha value is -1.55. The smallest absolute Gasteiger partial charge is 0.409 e. The molecule has 0 aromatic heterocycles. The van der Waals surface area contributed by atoms with Crippen molar-refractivity contribution in [1.82, 2.24) is 4.90 Å². The molecule has 0 spiro atoms. The minimum Gasteiger partial charge on any atom is -0.450 e. The van der Waals surface area contributed by atoms with Crippen LogP contribution in [0.1, 0.15) is 31.7 Å². The molecule has 0 saturated carbocycles. The standard InChI is InChI=1S/C16H23NO3/c1-2-19-16(18)17-11-6-9-15(10-12-17)20-13-14-7-4-3-5-8-14/h3-5,7-8,15H,2,6,9-13H2,1H3/t15-/m1/s1. The molecule has 2 rings (SSSR count). The highest BCUT2D eigenvalue weighted by atomic mass is 16.6. The molecule has 1 amide bonds. The molecule has 110 valence electrons. The number of benzene rings is 1. The van der Waals surface area contributed by atoms with E-state index in [1.54, 1.807) is 4.90 Å². The van der Waals surface area contributed by atoms with Crippen molar-refractivity contribution in [2.45, 2.75) is 38.9 Å². The van der Waals surface area contributed by atoms with E-state index in [1.165, 1.54) is 5.56 Å². The van der Waals surface area contributed by atoms with Gasteiger partial charge in [-0.25, -0.2) is 4.79 Å². The lowest BCUT2D eigenvalue weighted by atomic mass is 10.1. The van der Waals surface area contributed by atoms with Crippen molar-refractivity contribution in [2.75, 3.05) is 19.7 Å². The molecular weight excluding hydrogens is 254 g/mol. The van der Waals surface area contributed by atoms with Gasteiger partial charge in [0, 0.05) is 13.1 Å². The molecule has 4 nitrogen and oxygen atoms in total. The third-order valence-corrected chi connectivity index (χ3v) is 3.53. The molecule has 1 heterocycles. The average molecular weight is 277 g/mol. The van der Waals surface area contributed by atoms with Gasteiger partial charge in [-0.15, -0.1) is 0 Å². The van der Waals surface area contributed by atoms with E-state index in [4.69, 9.17) is 9.47 Å². The second kappa shape index (κ2) is 7.90. The molecule has 0 unspecified atom stereocenters. The lowest BCUT2D eigenvalue weighted by molar-refractivity contribution is 0.0309. The van der Waals surface area contributed by atoms with Crippen molar-refractivity contribution >= 4 is 6.09 Å². The Morgan fingerprint density at radius 3 is 2.80 bits per heavy atom. The molecule has 1 saturated heterocycles. The first-order chi connectivity index (χ1) is 9.79. The number of hydrogen-bond donors (Lipinski definition) is 0. The highest BCUT2D eigenvalue weighted by molar-refractivity contribution is 5.67. The van der Waals surface area contributed by atoms with E-state index < -0.39 is 0 Å². The summed E-state index contributed by atoms with van der Waals surface area (Å²) in [6.45, 7) is 4.40. The number of carbonyl (C=O) groups is 1. The minimum atomic E-state index is -0.198. The molecule has 1 aromatic rings. The van der Waals surface area contributed by atoms with Gasteiger partial charge < -0.3 is 14.4 Å². The molecule has 0 radical (unpaired) electrons. The Bertz CT molecular complexity index is 407. The van der Waals surface area contributed by atoms with Crippen LogP contribution in [0.15, 0.2) is 30.3 Å². The summed E-state index contributed by atoms with van der Waals surface area (Å²) in [5, 5.41) is 0. The van der Waals surface area contributed by atoms with E-state index in [0.717, 1.165) is 32.4 Å². The summed E-state index contributed by atoms with van der Waals surface area (Å²) in [6.07, 6.45) is 2.89. The van der Waals surface area contributed by atoms with Crippen LogP contribution in [0.3, 0.4) is 0 Å². The fourth-order valence-electron chi connectivity index (χ4n) is 2.42. The van der Waals surface area contributed by atoms with Crippen LogP contribution in [-0.4, -0.2) is 36.8 Å². The van der Waals surface area contributed by atoms with Crippen molar-refractivity contribution in [3.8, 4) is 0 Å². The Morgan fingerprint density at radius 1 is 1.25 bits per heavy atom. The van der Waals surface area contributed by atoms with Crippen molar-refractivity contribution < 1.29 is 14.3 Å². The van der Waals surface area contributed by atoms with Crippen molar-refractivity contribution in [1.29, 1.82) is 0 Å². The zero-order valence-corrected chi connectivity index (χ0v) is 12.1. The minimum absolute atomic E-state index is 0.198. The SMILES string of the molecule is CCOC(=O)N1CCC[C@@H](OCc2ccccc2)CC1. The van der Waals surface area contributed by atoms with Crippen LogP contribution in [0.2, 0.25) is 0 Å². The highest BCUT2D eigenvalue weighted by Gasteiger charge is 2.21. The quantitative estimate of drug-likeness (QED) is 0.848. The zero-order valence-electron chi connectivity index (χ0n) is 12.1. The second-order valence-corrected chi connectivity index (χ2v) is 5.04. The number of ether oxygens (including phenoxy) is 2. The summed E-state index contributed by atoms with van der Waals surface area (Å²) in [7, 11) is 0. The first-order valence-electron chi connectivity index (χ1n) is 7.37. The van der Waals surface area contributed by atoms with E-state index in [1.807, 2.05) is 25.1 Å². The number of rotatable bonds is 4. The van der Waals surface area contributed by atoms with Crippen LogP contribution >= 0.6 is 0 Å². The number of likely N-dealkylation sites (tertiary alicyclic amines) is 1. The van der Waals surface area contributed by atoms with Crippen LogP contribution < -0.4 is 0 Å². The predicted octanol–water partition coefficient (Wildman–Crippen LogP) is 3.21. The van der Waals surface area contributed by atoms with Gasteiger partial charge in [0.15, 0.2) is 0 Å². The van der Waals surface area contributed by atoms with Gasteiger partial charge in [0.2, 0.25) is 0 Å². The maximum atomic E-state index is 11.7. The molecular formula is C16H23NO3. The number of hydrogen-bond acceptors (Lipinski definition) is 3. The lowest BCUT2D eigenvalue weighted by Gasteiger charge is -2.19. The van der Waals surface area contributed by atoms with Crippen LogP contribution in [0.4, 0.5) is 4.79 Å². The normalized spacial score (nSPS) is 19.4. The second-order valence-electron chi connectivity index (χ2n) is 5.04. The van der Waals surface area contributed by atoms with E-state index in [9.17, 15) is 4.79 Å². The summed E-state index contributed by atoms with van der Waals surface area (Å²) < 4.78 is 11.0. The Kier molecular flexibility index (Phi) is 5.87. The number of carbonyl (C=O) groups excluding carboxylic acids is 1. The molecule has 1 aliphatic rings. The molecule has 1 atom stereocenters. The Morgan fingerprint density at radius 2 is 2.05 bits per heavy atom. The molecule has 0 N–H and O–H groups in total. The molecule has 20 heavy (non-hydrogen) atoms. The van der Waals surface area contributed by atoms with Crippen molar-refractivity contribution in [2.24, 2.45) is 0 Å². The van der Waals surface area contributed by atoms with Crippen molar-refractivity contribution in [3.05, 3.63) is 35.9 Å². The fourth-order valence-corrected chi connectivity index (χ4v) is 2.42. The lowest BCUT2D eigenvalue weighted by Crippen LogP contribution is -2.32. The van der Waals surface area contributed by atoms with Crippen LogP contribution in [0, 0.1) is 0 Å². The van der Waals surface area contributed by atoms with Gasteiger partial charge in [0.1, 0.15) is 0 Å². The zero-order chi connectivity index (χ0) is 14.2. The van der Waals surface area contributed by atoms with Crippen LogP contribution in [0.25, 0.3) is 0 Å². The van der Waals surface area contributed by atoms with Gasteiger partial charge in [-0.3, -0.25) is 0 Å². The monoisotopic (exact) mass is 277 g/mol. The molecule has 1 aromatic carbocycles. The summed E-state index contributed by atoms with van der Waals surface area (Å²) in [6, 6.07) is 10.2. The Labute approximate surface area is 120 Å². The van der Waals surface area contributed by atoms with E-state index in [2.05, 4.69) is 12.1 Å². The molecule has 0 bridgehead atoms. The van der Waals surface area contributed by atoms with Gasteiger partial charge in [0.25, 0.3) is 0 Å². The molecule has 4 heteroatoms. The summed E-state index contributed by atoms with van der Waals surface area (Å²) >= 11 is 0. The predicted molar refractivity (Wildman–Crippen MR) is 77.5 cm³/mol. The fraction of sp³-hybridized carbons (Fsp3) is 0.562. The molecule has 1 fully saturated rings. The summed E-state index contributed by atoms with van der Waals surface area (Å²) in [5.41, 5.74) is 1.19. The van der Waals surface area contributed by atoms with Crippen molar-refractivity contribution in [3.63, 3.8) is 0 Å². The molecule has 0 aliphatic carbocycles. The van der Waals surface area contributed by atoms with Crippen LogP contribution in [0.5, 0.6) is 0 Å². The number of amides is 1. The maximum absolute atomic E-state index is 11.7. The van der Waals surface area contributed by atoms with Gasteiger partial charge >= 0.3 is 6.09 Å². The summed E-state index contributed by atoms with van der Waals surface area (Å²) in [5.74, 6) is 0. The van der Waals surface area contributed by atoms with Gasteiger partial charge in [-0.2, -0.15) is 0 Å². The van der Waals surface area contributed by atoms with E-state index in [0.29, 0.717) is 13.2 Å². The topological polar surface area (TPSA) is 38.8 Å². The largest absolute Gasteiger partial charge is 0.450 e. The third-order valence-electron chi connectivity index (χ3n) is 3.53. The summed E-state index contributed by atoms with van der Waals surface area (Å²) in [4.78, 5) is 13.5. The van der Waals surface area contributed by atoms with Crippen LogP contribution in [-0.2, 0) is 16.1 Å². The highest BCUT2D eigenvalue weighted by Crippen LogP contribution is 2.16. The third kappa shape index (κ3) is 4.53. The first kappa shape index (κ1) is 14.9. The Balaban J connectivity index is 1.76. The molecule has 1 aliphatic heterocycles. The van der Waals surface area contributed by atoms with E-state index >= 15 is 0 Å². The average Bonchev–Trinajstić information content (AvgIpc) is 2.72. The number of nitrogens with zero attached hydrogens (tertiary/aromatic N) is 1. The van der Waals surface area contributed by atoms with Gasteiger partial charge in [-0.05, 0) is 31.7 Å². The maximum Gasteiger partial charge on any atom is 0.409 e.